The molecule has 0 aliphatic carbocycles. The second-order valence-corrected chi connectivity index (χ2v) is 4.21. The van der Waals surface area contributed by atoms with Gasteiger partial charge in [0.2, 0.25) is 0 Å². The Balaban J connectivity index is 2.46. The topological polar surface area (TPSA) is 48.4 Å². The maximum absolute atomic E-state index is 5.84. The summed E-state index contributed by atoms with van der Waals surface area (Å²) in [5.41, 5.74) is 9.09. The van der Waals surface area contributed by atoms with Crippen LogP contribution in [0, 0.1) is 0 Å². The molecule has 0 saturated heterocycles. The summed E-state index contributed by atoms with van der Waals surface area (Å²) in [5.74, 6) is 0. The Kier molecular flexibility index (Phi) is 3.27. The van der Waals surface area contributed by atoms with Crippen molar-refractivity contribution in [1.82, 2.24) is 0 Å². The van der Waals surface area contributed by atoms with Crippen molar-refractivity contribution in [3.8, 4) is 0 Å². The maximum atomic E-state index is 5.84. The Bertz CT molecular complexity index is 474. The molecule has 1 aromatic heterocycles. The predicted octanol–water partition coefficient (Wildman–Crippen LogP) is 2.47. The molecule has 1 heterocycles. The van der Waals surface area contributed by atoms with Crippen molar-refractivity contribution >= 4 is 11.0 Å². The van der Waals surface area contributed by atoms with Gasteiger partial charge in [0.25, 0.3) is 0 Å². The Morgan fingerprint density at radius 2 is 2.25 bits per heavy atom. The second-order valence-electron chi connectivity index (χ2n) is 4.21. The van der Waals surface area contributed by atoms with Crippen LogP contribution in [0.4, 0.5) is 0 Å². The average Bonchev–Trinajstić information content (AvgIpc) is 2.65. The molecule has 1 aromatic carbocycles. The normalized spacial score (nSPS) is 13.2. The molecule has 2 aromatic rings. The third-order valence-corrected chi connectivity index (χ3v) is 2.54. The number of furan rings is 1. The van der Waals surface area contributed by atoms with E-state index >= 15 is 0 Å². The summed E-state index contributed by atoms with van der Waals surface area (Å²) in [6.07, 6.45) is 2.54. The third-order valence-electron chi connectivity index (χ3n) is 2.54. The Morgan fingerprint density at radius 3 is 2.94 bits per heavy atom. The van der Waals surface area contributed by atoms with Crippen molar-refractivity contribution in [2.45, 2.75) is 26.0 Å². The number of ether oxygens (including phenoxy) is 1. The summed E-state index contributed by atoms with van der Waals surface area (Å²) >= 11 is 0. The van der Waals surface area contributed by atoms with Gasteiger partial charge < -0.3 is 14.9 Å². The van der Waals surface area contributed by atoms with Gasteiger partial charge in [-0.15, -0.1) is 0 Å². The Labute approximate surface area is 95.2 Å². The van der Waals surface area contributed by atoms with Crippen molar-refractivity contribution in [2.24, 2.45) is 5.73 Å². The summed E-state index contributed by atoms with van der Waals surface area (Å²) in [5, 5.41) is 1.12. The van der Waals surface area contributed by atoms with Gasteiger partial charge in [-0.2, -0.15) is 0 Å². The second kappa shape index (κ2) is 4.68. The standard InChI is InChI=1S/C13H17NO2/c1-9(14)5-12-7-10(8-15-2)6-11-3-4-16-13(11)12/h3-4,6-7,9H,5,8,14H2,1-2H3. The first kappa shape index (κ1) is 11.2. The highest BCUT2D eigenvalue weighted by atomic mass is 16.5. The quantitative estimate of drug-likeness (QED) is 0.859. The first-order chi connectivity index (χ1) is 7.70. The highest BCUT2D eigenvalue weighted by molar-refractivity contribution is 5.81. The van der Waals surface area contributed by atoms with E-state index in [4.69, 9.17) is 14.9 Å². The molecule has 0 amide bonds. The minimum atomic E-state index is 0.131. The van der Waals surface area contributed by atoms with E-state index in [0.717, 1.165) is 28.5 Å². The Morgan fingerprint density at radius 1 is 1.44 bits per heavy atom. The van der Waals surface area contributed by atoms with Gasteiger partial charge in [0, 0.05) is 18.5 Å². The smallest absolute Gasteiger partial charge is 0.137 e. The molecular weight excluding hydrogens is 202 g/mol. The van der Waals surface area contributed by atoms with E-state index in [2.05, 4.69) is 12.1 Å². The van der Waals surface area contributed by atoms with Crippen LogP contribution in [0.15, 0.2) is 28.9 Å². The van der Waals surface area contributed by atoms with E-state index in [1.807, 2.05) is 13.0 Å². The molecule has 2 rings (SSSR count). The number of methoxy groups -OCH3 is 1. The van der Waals surface area contributed by atoms with Crippen molar-refractivity contribution in [2.75, 3.05) is 7.11 Å². The van der Waals surface area contributed by atoms with E-state index < -0.39 is 0 Å². The highest BCUT2D eigenvalue weighted by Gasteiger charge is 2.08. The fourth-order valence-corrected chi connectivity index (χ4v) is 1.97. The summed E-state index contributed by atoms with van der Waals surface area (Å²) < 4.78 is 10.6. The van der Waals surface area contributed by atoms with Gasteiger partial charge in [-0.3, -0.25) is 0 Å². The fourth-order valence-electron chi connectivity index (χ4n) is 1.97. The molecule has 2 N–H and O–H groups in total. The number of fused-ring (bicyclic) bond motifs is 1. The lowest BCUT2D eigenvalue weighted by molar-refractivity contribution is 0.185. The van der Waals surface area contributed by atoms with Crippen LogP contribution in [0.2, 0.25) is 0 Å². The van der Waals surface area contributed by atoms with Crippen LogP contribution in [-0.4, -0.2) is 13.2 Å². The zero-order valence-electron chi connectivity index (χ0n) is 9.69. The number of rotatable bonds is 4. The summed E-state index contributed by atoms with van der Waals surface area (Å²) in [6.45, 7) is 2.62. The van der Waals surface area contributed by atoms with Crippen LogP contribution in [0.3, 0.4) is 0 Å². The molecule has 0 aliphatic heterocycles. The van der Waals surface area contributed by atoms with Gasteiger partial charge >= 0.3 is 0 Å². The van der Waals surface area contributed by atoms with E-state index in [9.17, 15) is 0 Å². The van der Waals surface area contributed by atoms with E-state index in [1.165, 1.54) is 0 Å². The minimum absolute atomic E-state index is 0.131. The molecule has 0 spiro atoms. The summed E-state index contributed by atoms with van der Waals surface area (Å²) in [4.78, 5) is 0. The SMILES string of the molecule is COCc1cc(CC(C)N)c2occc2c1. The van der Waals surface area contributed by atoms with Crippen LogP contribution in [-0.2, 0) is 17.8 Å². The Hall–Kier alpha value is -1.32. The van der Waals surface area contributed by atoms with E-state index in [-0.39, 0.29) is 6.04 Å². The van der Waals surface area contributed by atoms with Crippen molar-refractivity contribution in [3.63, 3.8) is 0 Å². The number of benzene rings is 1. The molecule has 1 unspecified atom stereocenters. The zero-order valence-corrected chi connectivity index (χ0v) is 9.69. The maximum Gasteiger partial charge on any atom is 0.137 e. The molecule has 86 valence electrons. The lowest BCUT2D eigenvalue weighted by Gasteiger charge is -2.08. The molecule has 0 radical (unpaired) electrons. The van der Waals surface area contributed by atoms with Gasteiger partial charge in [-0.1, -0.05) is 0 Å². The van der Waals surface area contributed by atoms with Gasteiger partial charge in [-0.05, 0) is 42.7 Å². The largest absolute Gasteiger partial charge is 0.464 e. The van der Waals surface area contributed by atoms with Crippen molar-refractivity contribution in [3.05, 3.63) is 35.6 Å². The molecule has 16 heavy (non-hydrogen) atoms. The van der Waals surface area contributed by atoms with Crippen LogP contribution in [0.25, 0.3) is 11.0 Å². The minimum Gasteiger partial charge on any atom is -0.464 e. The van der Waals surface area contributed by atoms with Gasteiger partial charge in [0.05, 0.1) is 12.9 Å². The molecule has 1 atom stereocenters. The predicted molar refractivity (Wildman–Crippen MR) is 64.3 cm³/mol. The number of hydrogen-bond acceptors (Lipinski definition) is 3. The summed E-state index contributed by atoms with van der Waals surface area (Å²) in [6, 6.07) is 6.30. The van der Waals surface area contributed by atoms with Gasteiger partial charge in [0.1, 0.15) is 5.58 Å². The third kappa shape index (κ3) is 2.26. The average molecular weight is 219 g/mol. The van der Waals surface area contributed by atoms with Crippen LogP contribution in [0.5, 0.6) is 0 Å². The first-order valence-corrected chi connectivity index (χ1v) is 5.44. The summed E-state index contributed by atoms with van der Waals surface area (Å²) in [7, 11) is 1.70. The molecule has 0 bridgehead atoms. The highest BCUT2D eigenvalue weighted by Crippen LogP contribution is 2.23. The van der Waals surface area contributed by atoms with E-state index in [0.29, 0.717) is 6.61 Å². The van der Waals surface area contributed by atoms with Crippen molar-refractivity contribution in [1.29, 1.82) is 0 Å². The first-order valence-electron chi connectivity index (χ1n) is 5.44. The fraction of sp³-hybridized carbons (Fsp3) is 0.385. The molecule has 0 aliphatic rings. The van der Waals surface area contributed by atoms with Crippen LogP contribution in [0.1, 0.15) is 18.1 Å². The molecule has 0 fully saturated rings. The molecule has 3 nitrogen and oxygen atoms in total. The molecule has 3 heteroatoms. The van der Waals surface area contributed by atoms with E-state index in [1.54, 1.807) is 13.4 Å². The molecular formula is C13H17NO2. The number of nitrogens with two attached hydrogens (primary N) is 1. The van der Waals surface area contributed by atoms with Crippen LogP contribution >= 0.6 is 0 Å². The lowest BCUT2D eigenvalue weighted by atomic mass is 10.0. The monoisotopic (exact) mass is 219 g/mol. The van der Waals surface area contributed by atoms with Gasteiger partial charge in [-0.25, -0.2) is 0 Å². The van der Waals surface area contributed by atoms with Crippen LogP contribution < -0.4 is 5.73 Å². The van der Waals surface area contributed by atoms with Gasteiger partial charge in [0.15, 0.2) is 0 Å². The lowest BCUT2D eigenvalue weighted by Crippen LogP contribution is -2.18. The van der Waals surface area contributed by atoms with Crippen molar-refractivity contribution < 1.29 is 9.15 Å². The number of hydrogen-bond donors (Lipinski definition) is 1. The zero-order chi connectivity index (χ0) is 11.5. The molecule has 0 saturated carbocycles.